The van der Waals surface area contributed by atoms with Crippen molar-refractivity contribution in [1.82, 2.24) is 5.32 Å². The molecule has 0 atom stereocenters. The Kier molecular flexibility index (Phi) is 8.57. The molecule has 6 nitrogen and oxygen atoms in total. The van der Waals surface area contributed by atoms with Gasteiger partial charge in [0, 0.05) is 28.0 Å². The Morgan fingerprint density at radius 1 is 1.00 bits per heavy atom. The molecule has 0 heterocycles. The lowest BCUT2D eigenvalue weighted by molar-refractivity contribution is 0.0970. The van der Waals surface area contributed by atoms with Gasteiger partial charge in [0.15, 0.2) is 5.11 Å². The van der Waals surface area contributed by atoms with Crippen molar-refractivity contribution in [3.63, 3.8) is 0 Å². The Morgan fingerprint density at radius 3 is 2.33 bits per heavy atom. The van der Waals surface area contributed by atoms with Crippen LogP contribution < -0.4 is 20.3 Å². The van der Waals surface area contributed by atoms with Crippen LogP contribution >= 0.6 is 28.1 Å². The minimum absolute atomic E-state index is 0.0933. The van der Waals surface area contributed by atoms with Crippen molar-refractivity contribution in [2.75, 3.05) is 23.4 Å². The maximum Gasteiger partial charge on any atom is 0.261 e. The molecular formula is C25H24BrN3O3S. The molecule has 2 amide bonds. The van der Waals surface area contributed by atoms with E-state index in [4.69, 9.17) is 17.0 Å². The molecule has 0 saturated heterocycles. The van der Waals surface area contributed by atoms with Crippen LogP contribution in [0.2, 0.25) is 0 Å². The van der Waals surface area contributed by atoms with Crippen LogP contribution in [-0.2, 0) is 0 Å². The summed E-state index contributed by atoms with van der Waals surface area (Å²) in [6, 6.07) is 21.7. The Bertz CT molecular complexity index is 1140. The van der Waals surface area contributed by atoms with E-state index in [0.717, 1.165) is 10.2 Å². The molecule has 8 heteroatoms. The van der Waals surface area contributed by atoms with Gasteiger partial charge in [-0.3, -0.25) is 14.9 Å². The van der Waals surface area contributed by atoms with Gasteiger partial charge in [0.1, 0.15) is 5.75 Å². The molecule has 0 unspecified atom stereocenters. The van der Waals surface area contributed by atoms with Gasteiger partial charge in [0.2, 0.25) is 0 Å². The van der Waals surface area contributed by atoms with Crippen molar-refractivity contribution in [3.05, 3.63) is 88.4 Å². The molecule has 2 N–H and O–H groups in total. The summed E-state index contributed by atoms with van der Waals surface area (Å²) in [5.41, 5.74) is 2.42. The number of benzene rings is 3. The topological polar surface area (TPSA) is 70.7 Å². The quantitative estimate of drug-likeness (QED) is 0.390. The largest absolute Gasteiger partial charge is 0.493 e. The number of carbonyl (C=O) groups is 2. The van der Waals surface area contributed by atoms with Crippen molar-refractivity contribution in [3.8, 4) is 5.75 Å². The predicted molar refractivity (Wildman–Crippen MR) is 139 cm³/mol. The molecule has 0 spiro atoms. The lowest BCUT2D eigenvalue weighted by atomic mass is 10.1. The Hall–Kier alpha value is -3.23. The number of nitrogens with one attached hydrogen (secondary N) is 2. The minimum Gasteiger partial charge on any atom is -0.493 e. The first kappa shape index (κ1) is 24.4. The van der Waals surface area contributed by atoms with E-state index in [2.05, 4.69) is 26.6 Å². The summed E-state index contributed by atoms with van der Waals surface area (Å²) in [5.74, 6) is -0.00232. The number of amides is 2. The molecule has 3 aromatic rings. The molecule has 0 aliphatic rings. The standard InChI is InChI=1S/C25H24BrN3O3S/c1-3-29(20-8-6-5-7-9-20)24(31)17-10-13-19(14-11-17)27-25(33)28-23(30)21-16-18(26)12-15-22(21)32-4-2/h5-16H,3-4H2,1-2H3,(H2,27,28,30,33). The second-order valence-electron chi connectivity index (χ2n) is 6.94. The second kappa shape index (κ2) is 11.6. The van der Waals surface area contributed by atoms with Crippen molar-refractivity contribution >= 4 is 56.4 Å². The average Bonchev–Trinajstić information content (AvgIpc) is 2.82. The van der Waals surface area contributed by atoms with E-state index >= 15 is 0 Å². The fraction of sp³-hybridized carbons (Fsp3) is 0.160. The lowest BCUT2D eigenvalue weighted by Crippen LogP contribution is -2.34. The molecule has 0 aliphatic heterocycles. The van der Waals surface area contributed by atoms with Crippen molar-refractivity contribution < 1.29 is 14.3 Å². The van der Waals surface area contributed by atoms with E-state index in [9.17, 15) is 9.59 Å². The van der Waals surface area contributed by atoms with Crippen LogP contribution in [0.5, 0.6) is 5.75 Å². The van der Waals surface area contributed by atoms with E-state index < -0.39 is 0 Å². The summed E-state index contributed by atoms with van der Waals surface area (Å²) >= 11 is 8.66. The monoisotopic (exact) mass is 525 g/mol. The van der Waals surface area contributed by atoms with Gasteiger partial charge in [-0.05, 0) is 80.7 Å². The SMILES string of the molecule is CCOc1ccc(Br)cc1C(=O)NC(=S)Nc1ccc(C(=O)N(CC)c2ccccc2)cc1. The molecule has 0 saturated carbocycles. The van der Waals surface area contributed by atoms with E-state index in [0.29, 0.717) is 35.7 Å². The number of rotatable bonds is 7. The summed E-state index contributed by atoms with van der Waals surface area (Å²) in [4.78, 5) is 27.3. The summed E-state index contributed by atoms with van der Waals surface area (Å²) in [5, 5.41) is 5.77. The Balaban J connectivity index is 1.65. The van der Waals surface area contributed by atoms with E-state index in [1.54, 1.807) is 47.4 Å². The fourth-order valence-electron chi connectivity index (χ4n) is 3.20. The van der Waals surface area contributed by atoms with Crippen molar-refractivity contribution in [2.24, 2.45) is 0 Å². The molecular weight excluding hydrogens is 502 g/mol. The number of hydrogen-bond acceptors (Lipinski definition) is 4. The van der Waals surface area contributed by atoms with Crippen LogP contribution in [0.25, 0.3) is 0 Å². The number of ether oxygens (including phenoxy) is 1. The first-order valence-electron chi connectivity index (χ1n) is 10.4. The molecule has 0 radical (unpaired) electrons. The van der Waals surface area contributed by atoms with Gasteiger partial charge in [-0.25, -0.2) is 0 Å². The lowest BCUT2D eigenvalue weighted by Gasteiger charge is -2.21. The highest BCUT2D eigenvalue weighted by Gasteiger charge is 2.17. The van der Waals surface area contributed by atoms with Crippen LogP contribution in [-0.4, -0.2) is 30.1 Å². The molecule has 3 aromatic carbocycles. The van der Waals surface area contributed by atoms with Gasteiger partial charge in [-0.15, -0.1) is 0 Å². The molecule has 0 aliphatic carbocycles. The van der Waals surface area contributed by atoms with Crippen LogP contribution in [0, 0.1) is 0 Å². The average molecular weight is 526 g/mol. The zero-order chi connectivity index (χ0) is 23.8. The number of anilines is 2. The summed E-state index contributed by atoms with van der Waals surface area (Å²) < 4.78 is 6.28. The fourth-order valence-corrected chi connectivity index (χ4v) is 3.77. The molecule has 3 rings (SSSR count). The molecule has 170 valence electrons. The summed E-state index contributed by atoms with van der Waals surface area (Å²) in [7, 11) is 0. The summed E-state index contributed by atoms with van der Waals surface area (Å²) in [6.07, 6.45) is 0. The van der Waals surface area contributed by atoms with Crippen LogP contribution in [0.3, 0.4) is 0 Å². The van der Waals surface area contributed by atoms with Gasteiger partial charge in [0.25, 0.3) is 11.8 Å². The number of para-hydroxylation sites is 1. The van der Waals surface area contributed by atoms with Gasteiger partial charge in [-0.1, -0.05) is 34.1 Å². The zero-order valence-electron chi connectivity index (χ0n) is 18.3. The van der Waals surface area contributed by atoms with Crippen LogP contribution in [0.1, 0.15) is 34.6 Å². The van der Waals surface area contributed by atoms with E-state index in [1.807, 2.05) is 44.2 Å². The van der Waals surface area contributed by atoms with Crippen LogP contribution in [0.15, 0.2) is 77.3 Å². The Morgan fingerprint density at radius 2 is 1.70 bits per heavy atom. The highest BCUT2D eigenvalue weighted by atomic mass is 79.9. The third-order valence-electron chi connectivity index (χ3n) is 4.73. The van der Waals surface area contributed by atoms with Crippen molar-refractivity contribution in [2.45, 2.75) is 13.8 Å². The van der Waals surface area contributed by atoms with E-state index in [1.165, 1.54) is 0 Å². The van der Waals surface area contributed by atoms with Crippen LogP contribution in [0.4, 0.5) is 11.4 Å². The maximum atomic E-state index is 12.9. The third-order valence-corrected chi connectivity index (χ3v) is 5.43. The maximum absolute atomic E-state index is 12.9. The van der Waals surface area contributed by atoms with Gasteiger partial charge in [-0.2, -0.15) is 0 Å². The molecule has 0 fully saturated rings. The number of halogens is 1. The zero-order valence-corrected chi connectivity index (χ0v) is 20.7. The van der Waals surface area contributed by atoms with Gasteiger partial charge < -0.3 is 15.0 Å². The molecule has 0 bridgehead atoms. The smallest absolute Gasteiger partial charge is 0.261 e. The highest BCUT2D eigenvalue weighted by Crippen LogP contribution is 2.23. The second-order valence-corrected chi connectivity index (χ2v) is 8.27. The Labute approximate surface area is 207 Å². The first-order chi connectivity index (χ1) is 15.9. The number of thiocarbonyl (C=S) groups is 1. The first-order valence-corrected chi connectivity index (χ1v) is 11.6. The summed E-state index contributed by atoms with van der Waals surface area (Å²) in [6.45, 7) is 4.78. The normalized spacial score (nSPS) is 10.3. The third kappa shape index (κ3) is 6.40. The minimum atomic E-state index is -0.384. The predicted octanol–water partition coefficient (Wildman–Crippen LogP) is 5.64. The van der Waals surface area contributed by atoms with Gasteiger partial charge >= 0.3 is 0 Å². The number of hydrogen-bond donors (Lipinski definition) is 2. The van der Waals surface area contributed by atoms with Gasteiger partial charge in [0.05, 0.1) is 12.2 Å². The molecule has 33 heavy (non-hydrogen) atoms. The number of nitrogens with zero attached hydrogens (tertiary/aromatic N) is 1. The molecule has 0 aromatic heterocycles. The van der Waals surface area contributed by atoms with Crippen molar-refractivity contribution in [1.29, 1.82) is 0 Å². The highest BCUT2D eigenvalue weighted by molar-refractivity contribution is 9.10. The van der Waals surface area contributed by atoms with E-state index in [-0.39, 0.29) is 16.9 Å². The number of carbonyl (C=O) groups excluding carboxylic acids is 2.